The zero-order valence-electron chi connectivity index (χ0n) is 7.95. The molecule has 0 amide bonds. The normalized spacial score (nSPS) is 11.7. The van der Waals surface area contributed by atoms with E-state index in [2.05, 4.69) is 5.32 Å². The molecule has 0 heterocycles. The molecule has 0 fully saturated rings. The summed E-state index contributed by atoms with van der Waals surface area (Å²) >= 11 is 5.40. The Morgan fingerprint density at radius 3 is 2.33 bits per heavy atom. The van der Waals surface area contributed by atoms with Gasteiger partial charge in [0.05, 0.1) is 0 Å². The fourth-order valence-electron chi connectivity index (χ4n) is 0.938. The Morgan fingerprint density at radius 1 is 1.33 bits per heavy atom. The van der Waals surface area contributed by atoms with Crippen molar-refractivity contribution in [3.63, 3.8) is 0 Å². The highest BCUT2D eigenvalue weighted by Gasteiger charge is 2.09. The summed E-state index contributed by atoms with van der Waals surface area (Å²) in [7, 11) is 0. The van der Waals surface area contributed by atoms with Crippen LogP contribution in [0.5, 0.6) is 0 Å². The SMILES string of the molecule is C/C(=C/Cl)CNc1cc(F)c(F)c(F)c1. The molecule has 15 heavy (non-hydrogen) atoms. The van der Waals surface area contributed by atoms with Gasteiger partial charge in [-0.2, -0.15) is 0 Å². The summed E-state index contributed by atoms with van der Waals surface area (Å²) in [4.78, 5) is 0. The van der Waals surface area contributed by atoms with Crippen molar-refractivity contribution >= 4 is 17.3 Å². The second-order valence-corrected chi connectivity index (χ2v) is 3.28. The predicted molar refractivity (Wildman–Crippen MR) is 54.4 cm³/mol. The van der Waals surface area contributed by atoms with Gasteiger partial charge in [0.1, 0.15) is 0 Å². The smallest absolute Gasteiger partial charge is 0.194 e. The largest absolute Gasteiger partial charge is 0.381 e. The van der Waals surface area contributed by atoms with E-state index < -0.39 is 17.5 Å². The minimum atomic E-state index is -1.47. The van der Waals surface area contributed by atoms with Crippen molar-refractivity contribution in [3.8, 4) is 0 Å². The molecule has 0 radical (unpaired) electrons. The molecule has 0 unspecified atom stereocenters. The van der Waals surface area contributed by atoms with Crippen molar-refractivity contribution in [2.45, 2.75) is 6.92 Å². The van der Waals surface area contributed by atoms with Crippen molar-refractivity contribution in [2.24, 2.45) is 0 Å². The summed E-state index contributed by atoms with van der Waals surface area (Å²) in [5, 5.41) is 2.70. The fraction of sp³-hybridized carbons (Fsp3) is 0.200. The molecule has 1 aromatic carbocycles. The number of hydrogen-bond donors (Lipinski definition) is 1. The number of anilines is 1. The topological polar surface area (TPSA) is 12.0 Å². The van der Waals surface area contributed by atoms with Gasteiger partial charge in [-0.05, 0) is 12.5 Å². The van der Waals surface area contributed by atoms with Gasteiger partial charge < -0.3 is 5.32 Å². The highest BCUT2D eigenvalue weighted by molar-refractivity contribution is 6.25. The van der Waals surface area contributed by atoms with E-state index in [1.807, 2.05) is 0 Å². The molecule has 0 aromatic heterocycles. The monoisotopic (exact) mass is 235 g/mol. The van der Waals surface area contributed by atoms with Gasteiger partial charge in [0.25, 0.3) is 0 Å². The molecule has 82 valence electrons. The Balaban J connectivity index is 2.79. The first-order valence-electron chi connectivity index (χ1n) is 4.19. The van der Waals surface area contributed by atoms with Crippen LogP contribution < -0.4 is 5.32 Å². The maximum atomic E-state index is 12.8. The van der Waals surface area contributed by atoms with Gasteiger partial charge in [-0.1, -0.05) is 11.6 Å². The van der Waals surface area contributed by atoms with Crippen molar-refractivity contribution < 1.29 is 13.2 Å². The second-order valence-electron chi connectivity index (χ2n) is 3.06. The molecule has 0 bridgehead atoms. The molecule has 1 rings (SSSR count). The van der Waals surface area contributed by atoms with Crippen molar-refractivity contribution in [1.29, 1.82) is 0 Å². The molecule has 0 atom stereocenters. The van der Waals surface area contributed by atoms with Gasteiger partial charge in [-0.15, -0.1) is 0 Å². The van der Waals surface area contributed by atoms with E-state index in [0.717, 1.165) is 17.7 Å². The Labute approximate surface area is 90.6 Å². The van der Waals surface area contributed by atoms with E-state index in [-0.39, 0.29) is 5.69 Å². The third kappa shape index (κ3) is 3.16. The van der Waals surface area contributed by atoms with Crippen LogP contribution in [0.4, 0.5) is 18.9 Å². The molecule has 5 heteroatoms. The number of halogens is 4. The minimum absolute atomic E-state index is 0.171. The Morgan fingerprint density at radius 2 is 1.87 bits per heavy atom. The van der Waals surface area contributed by atoms with Crippen LogP contribution in [0, 0.1) is 17.5 Å². The van der Waals surface area contributed by atoms with Crippen LogP contribution in [0.3, 0.4) is 0 Å². The molecular weight excluding hydrogens is 227 g/mol. The van der Waals surface area contributed by atoms with Crippen LogP contribution in [0.2, 0.25) is 0 Å². The molecule has 0 saturated carbocycles. The standard InChI is InChI=1S/C10H9ClF3N/c1-6(4-11)5-15-7-2-8(12)10(14)9(13)3-7/h2-4,15H,5H2,1H3/b6-4-. The Bertz CT molecular complexity index is 367. The van der Waals surface area contributed by atoms with Crippen molar-refractivity contribution in [3.05, 3.63) is 40.7 Å². The fourth-order valence-corrected chi connectivity index (χ4v) is 1.01. The lowest BCUT2D eigenvalue weighted by molar-refractivity contribution is 0.448. The molecule has 0 aliphatic rings. The maximum absolute atomic E-state index is 12.8. The highest BCUT2D eigenvalue weighted by Crippen LogP contribution is 2.17. The van der Waals surface area contributed by atoms with Crippen LogP contribution in [0.25, 0.3) is 0 Å². The average molecular weight is 236 g/mol. The summed E-state index contributed by atoms with van der Waals surface area (Å²) in [5.41, 5.74) is 2.31. The Kier molecular flexibility index (Phi) is 4.03. The third-order valence-electron chi connectivity index (χ3n) is 1.74. The molecule has 1 N–H and O–H groups in total. The molecule has 1 nitrogen and oxygen atoms in total. The van der Waals surface area contributed by atoms with Crippen LogP contribution in [0.15, 0.2) is 23.2 Å². The van der Waals surface area contributed by atoms with E-state index in [4.69, 9.17) is 11.6 Å². The molecule has 0 aliphatic heterocycles. The zero-order chi connectivity index (χ0) is 11.4. The van der Waals surface area contributed by atoms with Crippen LogP contribution >= 0.6 is 11.6 Å². The minimum Gasteiger partial charge on any atom is -0.381 e. The van der Waals surface area contributed by atoms with Crippen LogP contribution in [0.1, 0.15) is 6.92 Å². The van der Waals surface area contributed by atoms with Gasteiger partial charge in [0.15, 0.2) is 17.5 Å². The summed E-state index contributed by atoms with van der Waals surface area (Å²) in [5.74, 6) is -3.90. The lowest BCUT2D eigenvalue weighted by Gasteiger charge is -2.06. The second kappa shape index (κ2) is 5.07. The van der Waals surface area contributed by atoms with Gasteiger partial charge in [-0.25, -0.2) is 13.2 Å². The highest BCUT2D eigenvalue weighted by atomic mass is 35.5. The predicted octanol–water partition coefficient (Wildman–Crippen LogP) is 3.66. The lowest BCUT2D eigenvalue weighted by atomic mass is 10.2. The molecule has 1 aromatic rings. The van der Waals surface area contributed by atoms with Gasteiger partial charge in [0, 0.05) is 29.9 Å². The summed E-state index contributed by atoms with van der Waals surface area (Å²) < 4.78 is 38.1. The van der Waals surface area contributed by atoms with Crippen LogP contribution in [-0.4, -0.2) is 6.54 Å². The molecule has 0 aliphatic carbocycles. The molecular formula is C10H9ClF3N. The lowest BCUT2D eigenvalue weighted by Crippen LogP contribution is -2.04. The summed E-state index contributed by atoms with van der Waals surface area (Å²) in [6.45, 7) is 2.09. The number of rotatable bonds is 3. The first-order chi connectivity index (χ1) is 7.04. The van der Waals surface area contributed by atoms with Gasteiger partial charge in [-0.3, -0.25) is 0 Å². The van der Waals surface area contributed by atoms with Gasteiger partial charge >= 0.3 is 0 Å². The average Bonchev–Trinajstić information content (AvgIpc) is 2.22. The van der Waals surface area contributed by atoms with E-state index in [9.17, 15) is 13.2 Å². The molecule has 0 saturated heterocycles. The number of nitrogens with one attached hydrogen (secondary N) is 1. The van der Waals surface area contributed by atoms with E-state index >= 15 is 0 Å². The van der Waals surface area contributed by atoms with Crippen LogP contribution in [-0.2, 0) is 0 Å². The summed E-state index contributed by atoms with van der Waals surface area (Å²) in [6, 6.07) is 1.78. The van der Waals surface area contributed by atoms with Crippen molar-refractivity contribution in [2.75, 3.05) is 11.9 Å². The van der Waals surface area contributed by atoms with Gasteiger partial charge in [0.2, 0.25) is 0 Å². The number of hydrogen-bond acceptors (Lipinski definition) is 1. The summed E-state index contributed by atoms with van der Waals surface area (Å²) in [6.07, 6.45) is 0. The zero-order valence-corrected chi connectivity index (χ0v) is 8.71. The first-order valence-corrected chi connectivity index (χ1v) is 4.62. The van der Waals surface area contributed by atoms with E-state index in [0.29, 0.717) is 6.54 Å². The quantitative estimate of drug-likeness (QED) is 0.789. The maximum Gasteiger partial charge on any atom is 0.194 e. The van der Waals surface area contributed by atoms with E-state index in [1.165, 1.54) is 5.54 Å². The van der Waals surface area contributed by atoms with E-state index in [1.54, 1.807) is 6.92 Å². The number of benzene rings is 1. The molecule has 0 spiro atoms. The Hall–Kier alpha value is -1.16. The third-order valence-corrected chi connectivity index (χ3v) is 2.11. The van der Waals surface area contributed by atoms with Crippen molar-refractivity contribution in [1.82, 2.24) is 0 Å². The first kappa shape index (κ1) is 11.9.